The summed E-state index contributed by atoms with van der Waals surface area (Å²) in [6.45, 7) is 5.38. The van der Waals surface area contributed by atoms with E-state index in [1.54, 1.807) is 0 Å². The maximum Gasteiger partial charge on any atom is 0.123 e. The zero-order chi connectivity index (χ0) is 12.1. The number of piperidine rings is 1. The molecule has 0 bridgehead atoms. The van der Waals surface area contributed by atoms with E-state index in [0.29, 0.717) is 12.0 Å². The van der Waals surface area contributed by atoms with Crippen LogP contribution in [0.2, 0.25) is 0 Å². The lowest BCUT2D eigenvalue weighted by molar-refractivity contribution is 0.381. The summed E-state index contributed by atoms with van der Waals surface area (Å²) in [5.41, 5.74) is 1.20. The lowest BCUT2D eigenvalue weighted by Crippen LogP contribution is -2.41. The van der Waals surface area contributed by atoms with E-state index in [1.165, 1.54) is 30.5 Å². The van der Waals surface area contributed by atoms with Gasteiger partial charge in [0.05, 0.1) is 0 Å². The van der Waals surface area contributed by atoms with Crippen LogP contribution in [-0.4, -0.2) is 25.7 Å². The molecule has 94 valence electrons. The van der Waals surface area contributed by atoms with Gasteiger partial charge in [-0.25, -0.2) is 4.39 Å². The minimum Gasteiger partial charge on any atom is -0.317 e. The largest absolute Gasteiger partial charge is 0.317 e. The highest BCUT2D eigenvalue weighted by Gasteiger charge is 2.13. The van der Waals surface area contributed by atoms with Crippen molar-refractivity contribution in [2.24, 2.45) is 0 Å². The number of rotatable bonds is 4. The van der Waals surface area contributed by atoms with Crippen LogP contribution in [0.5, 0.6) is 0 Å². The van der Waals surface area contributed by atoms with E-state index in [-0.39, 0.29) is 5.82 Å². The van der Waals surface area contributed by atoms with Crippen LogP contribution < -0.4 is 10.6 Å². The Balaban J connectivity index is 1.80. The first-order valence-corrected chi connectivity index (χ1v) is 6.45. The van der Waals surface area contributed by atoms with Gasteiger partial charge in [-0.3, -0.25) is 0 Å². The Morgan fingerprint density at radius 3 is 2.59 bits per heavy atom. The summed E-state index contributed by atoms with van der Waals surface area (Å²) in [5, 5.41) is 6.96. The molecule has 1 saturated heterocycles. The van der Waals surface area contributed by atoms with Gasteiger partial charge in [-0.1, -0.05) is 19.1 Å². The van der Waals surface area contributed by atoms with Crippen LogP contribution in [0.15, 0.2) is 24.3 Å². The van der Waals surface area contributed by atoms with Crippen molar-refractivity contribution in [2.45, 2.75) is 31.7 Å². The van der Waals surface area contributed by atoms with Crippen LogP contribution in [0.4, 0.5) is 4.39 Å². The first-order chi connectivity index (χ1) is 8.25. The fraction of sp³-hybridized carbons (Fsp3) is 0.571. The number of hydrogen-bond acceptors (Lipinski definition) is 2. The fourth-order valence-corrected chi connectivity index (χ4v) is 2.28. The molecule has 1 aromatic carbocycles. The summed E-state index contributed by atoms with van der Waals surface area (Å²) in [4.78, 5) is 0. The van der Waals surface area contributed by atoms with E-state index < -0.39 is 0 Å². The molecule has 1 atom stereocenters. The van der Waals surface area contributed by atoms with Crippen molar-refractivity contribution in [3.05, 3.63) is 35.6 Å². The van der Waals surface area contributed by atoms with Crippen LogP contribution in [0.1, 0.15) is 31.2 Å². The summed E-state index contributed by atoms with van der Waals surface area (Å²) in [7, 11) is 0. The Morgan fingerprint density at radius 1 is 1.29 bits per heavy atom. The molecule has 1 fully saturated rings. The number of halogens is 1. The predicted octanol–water partition coefficient (Wildman–Crippen LogP) is 2.27. The van der Waals surface area contributed by atoms with Crippen molar-refractivity contribution in [1.29, 1.82) is 0 Å². The van der Waals surface area contributed by atoms with Crippen molar-refractivity contribution >= 4 is 0 Å². The highest BCUT2D eigenvalue weighted by atomic mass is 19.1. The molecule has 1 aliphatic rings. The Labute approximate surface area is 103 Å². The number of nitrogens with one attached hydrogen (secondary N) is 2. The third-order valence-electron chi connectivity index (χ3n) is 3.49. The van der Waals surface area contributed by atoms with Gasteiger partial charge in [-0.2, -0.15) is 0 Å². The van der Waals surface area contributed by atoms with Crippen molar-refractivity contribution in [3.8, 4) is 0 Å². The zero-order valence-corrected chi connectivity index (χ0v) is 10.4. The molecular formula is C14H21FN2. The minimum atomic E-state index is -0.160. The lowest BCUT2D eigenvalue weighted by Gasteiger charge is -2.25. The van der Waals surface area contributed by atoms with E-state index in [0.717, 1.165) is 19.6 Å². The first kappa shape index (κ1) is 12.5. The molecule has 1 aliphatic heterocycles. The van der Waals surface area contributed by atoms with Crippen LogP contribution in [0.3, 0.4) is 0 Å². The van der Waals surface area contributed by atoms with E-state index in [4.69, 9.17) is 0 Å². The van der Waals surface area contributed by atoms with Crippen LogP contribution in [-0.2, 0) is 0 Å². The maximum absolute atomic E-state index is 12.8. The molecule has 0 radical (unpaired) electrons. The van der Waals surface area contributed by atoms with Gasteiger partial charge in [-0.05, 0) is 49.5 Å². The standard InChI is InChI=1S/C14H21FN2/c1-11(12-2-4-13(15)5-3-12)10-17-14-6-8-16-9-7-14/h2-5,11,14,16-17H,6-10H2,1H3. The highest BCUT2D eigenvalue weighted by Crippen LogP contribution is 2.15. The monoisotopic (exact) mass is 236 g/mol. The van der Waals surface area contributed by atoms with E-state index in [9.17, 15) is 4.39 Å². The average Bonchev–Trinajstić information content (AvgIpc) is 2.38. The van der Waals surface area contributed by atoms with Gasteiger partial charge in [0.1, 0.15) is 5.82 Å². The Morgan fingerprint density at radius 2 is 1.94 bits per heavy atom. The molecule has 1 aromatic rings. The Bertz CT molecular complexity index is 331. The van der Waals surface area contributed by atoms with Gasteiger partial charge in [0, 0.05) is 12.6 Å². The van der Waals surface area contributed by atoms with Gasteiger partial charge in [0.2, 0.25) is 0 Å². The van der Waals surface area contributed by atoms with Gasteiger partial charge >= 0.3 is 0 Å². The van der Waals surface area contributed by atoms with Crippen LogP contribution in [0.25, 0.3) is 0 Å². The predicted molar refractivity (Wildman–Crippen MR) is 68.7 cm³/mol. The van der Waals surface area contributed by atoms with Crippen molar-refractivity contribution in [2.75, 3.05) is 19.6 Å². The minimum absolute atomic E-state index is 0.160. The normalized spacial score (nSPS) is 19.2. The third-order valence-corrected chi connectivity index (χ3v) is 3.49. The molecule has 17 heavy (non-hydrogen) atoms. The molecule has 3 heteroatoms. The van der Waals surface area contributed by atoms with E-state index in [1.807, 2.05) is 12.1 Å². The molecule has 2 rings (SSSR count). The van der Waals surface area contributed by atoms with Gasteiger partial charge in [0.15, 0.2) is 0 Å². The number of benzene rings is 1. The van der Waals surface area contributed by atoms with Gasteiger partial charge in [0.25, 0.3) is 0 Å². The number of hydrogen-bond donors (Lipinski definition) is 2. The van der Waals surface area contributed by atoms with Gasteiger partial charge in [-0.15, -0.1) is 0 Å². The Hall–Kier alpha value is -0.930. The van der Waals surface area contributed by atoms with Crippen molar-refractivity contribution in [3.63, 3.8) is 0 Å². The topological polar surface area (TPSA) is 24.1 Å². The summed E-state index contributed by atoms with van der Waals surface area (Å²) in [6.07, 6.45) is 2.41. The molecule has 0 spiro atoms. The second kappa shape index (κ2) is 6.12. The molecule has 0 aromatic heterocycles. The van der Waals surface area contributed by atoms with E-state index >= 15 is 0 Å². The molecular weight excluding hydrogens is 215 g/mol. The average molecular weight is 236 g/mol. The summed E-state index contributed by atoms with van der Waals surface area (Å²) < 4.78 is 12.8. The van der Waals surface area contributed by atoms with Crippen molar-refractivity contribution < 1.29 is 4.39 Å². The zero-order valence-electron chi connectivity index (χ0n) is 10.4. The SMILES string of the molecule is CC(CNC1CCNCC1)c1ccc(F)cc1. The molecule has 0 saturated carbocycles. The second-order valence-electron chi connectivity index (χ2n) is 4.89. The Kier molecular flexibility index (Phi) is 4.51. The molecule has 1 unspecified atom stereocenters. The second-order valence-corrected chi connectivity index (χ2v) is 4.89. The van der Waals surface area contributed by atoms with Crippen molar-refractivity contribution in [1.82, 2.24) is 10.6 Å². The maximum atomic E-state index is 12.8. The molecule has 2 nitrogen and oxygen atoms in total. The molecule has 2 N–H and O–H groups in total. The summed E-state index contributed by atoms with van der Waals surface area (Å²) in [6, 6.07) is 7.47. The molecule has 0 amide bonds. The molecule has 1 heterocycles. The highest BCUT2D eigenvalue weighted by molar-refractivity contribution is 5.20. The lowest BCUT2D eigenvalue weighted by atomic mass is 9.99. The van der Waals surface area contributed by atoms with E-state index in [2.05, 4.69) is 17.6 Å². The quantitative estimate of drug-likeness (QED) is 0.838. The van der Waals surface area contributed by atoms with Gasteiger partial charge < -0.3 is 10.6 Å². The molecule has 0 aliphatic carbocycles. The summed E-state index contributed by atoms with van der Waals surface area (Å²) >= 11 is 0. The fourth-order valence-electron chi connectivity index (χ4n) is 2.28. The van der Waals surface area contributed by atoms with Crippen LogP contribution >= 0.6 is 0 Å². The van der Waals surface area contributed by atoms with Crippen LogP contribution in [0, 0.1) is 5.82 Å². The summed E-state index contributed by atoms with van der Waals surface area (Å²) in [5.74, 6) is 0.276. The smallest absolute Gasteiger partial charge is 0.123 e. The first-order valence-electron chi connectivity index (χ1n) is 6.45. The third kappa shape index (κ3) is 3.79.